The van der Waals surface area contributed by atoms with Gasteiger partial charge in [-0.3, -0.25) is 9.78 Å². The standard InChI is InChI=1S/C19H20N6O3S/c1-28-19(27)14-6-2-3-10-24(14)17(26)12-29-16-8-7-15-21-22-18(25(15)23-16)13-5-4-9-20-11-13/h4-5,7-9,11,14H,2-3,6,10,12H2,1H3. The number of amides is 1. The highest BCUT2D eigenvalue weighted by molar-refractivity contribution is 7.99. The highest BCUT2D eigenvalue weighted by atomic mass is 32.2. The van der Waals surface area contributed by atoms with E-state index in [9.17, 15) is 9.59 Å². The summed E-state index contributed by atoms with van der Waals surface area (Å²) in [5.74, 6) is 0.330. The highest BCUT2D eigenvalue weighted by Gasteiger charge is 2.32. The van der Waals surface area contributed by atoms with E-state index >= 15 is 0 Å². The van der Waals surface area contributed by atoms with Crippen molar-refractivity contribution >= 4 is 29.3 Å². The number of aromatic nitrogens is 5. The van der Waals surface area contributed by atoms with Gasteiger partial charge >= 0.3 is 5.97 Å². The number of likely N-dealkylation sites (tertiary alicyclic amines) is 1. The molecule has 1 aliphatic rings. The maximum Gasteiger partial charge on any atom is 0.328 e. The summed E-state index contributed by atoms with van der Waals surface area (Å²) < 4.78 is 6.49. The molecule has 0 radical (unpaired) electrons. The van der Waals surface area contributed by atoms with Crippen molar-refractivity contribution < 1.29 is 14.3 Å². The smallest absolute Gasteiger partial charge is 0.328 e. The van der Waals surface area contributed by atoms with Crippen LogP contribution in [0.5, 0.6) is 0 Å². The first-order valence-electron chi connectivity index (χ1n) is 9.30. The van der Waals surface area contributed by atoms with Crippen molar-refractivity contribution in [3.05, 3.63) is 36.7 Å². The maximum atomic E-state index is 12.7. The molecule has 1 amide bonds. The topological polar surface area (TPSA) is 103 Å². The van der Waals surface area contributed by atoms with E-state index in [2.05, 4.69) is 20.3 Å². The number of rotatable bonds is 5. The van der Waals surface area contributed by atoms with Crippen LogP contribution in [0.1, 0.15) is 19.3 Å². The van der Waals surface area contributed by atoms with E-state index in [1.54, 1.807) is 21.8 Å². The van der Waals surface area contributed by atoms with Crippen LogP contribution in [-0.2, 0) is 14.3 Å². The second-order valence-corrected chi connectivity index (χ2v) is 7.61. The van der Waals surface area contributed by atoms with Crippen LogP contribution in [0.25, 0.3) is 17.0 Å². The first-order valence-corrected chi connectivity index (χ1v) is 10.3. The molecular formula is C19H20N6O3S. The molecule has 3 aromatic rings. The summed E-state index contributed by atoms with van der Waals surface area (Å²) in [6.07, 6.45) is 5.84. The van der Waals surface area contributed by atoms with Crippen LogP contribution >= 0.6 is 11.8 Å². The van der Waals surface area contributed by atoms with Crippen molar-refractivity contribution in [3.63, 3.8) is 0 Å². The zero-order valence-electron chi connectivity index (χ0n) is 15.9. The number of hydrogen-bond acceptors (Lipinski definition) is 8. The molecule has 1 fully saturated rings. The minimum absolute atomic E-state index is 0.0942. The Labute approximate surface area is 171 Å². The van der Waals surface area contributed by atoms with E-state index in [4.69, 9.17) is 4.74 Å². The number of fused-ring (bicyclic) bond motifs is 1. The fourth-order valence-corrected chi connectivity index (χ4v) is 4.09. The van der Waals surface area contributed by atoms with Gasteiger partial charge in [0.05, 0.1) is 12.9 Å². The molecule has 0 aliphatic carbocycles. The summed E-state index contributed by atoms with van der Waals surface area (Å²) in [6.45, 7) is 0.572. The molecule has 0 saturated carbocycles. The first kappa shape index (κ1) is 19.3. The summed E-state index contributed by atoms with van der Waals surface area (Å²) >= 11 is 1.32. The first-order chi connectivity index (χ1) is 14.2. The van der Waals surface area contributed by atoms with Crippen LogP contribution in [0, 0.1) is 0 Å². The lowest BCUT2D eigenvalue weighted by Crippen LogP contribution is -2.49. The number of carbonyl (C=O) groups excluding carboxylic acids is 2. The normalized spacial score (nSPS) is 16.7. The number of carbonyl (C=O) groups is 2. The number of pyridine rings is 1. The number of nitrogens with zero attached hydrogens (tertiary/aromatic N) is 6. The second kappa shape index (κ2) is 8.56. The summed E-state index contributed by atoms with van der Waals surface area (Å²) in [5, 5.41) is 13.6. The Morgan fingerprint density at radius 2 is 2.14 bits per heavy atom. The fraction of sp³-hybridized carbons (Fsp3) is 0.368. The van der Waals surface area contributed by atoms with E-state index in [1.807, 2.05) is 24.3 Å². The Hall–Kier alpha value is -3.01. The molecule has 1 aliphatic heterocycles. The monoisotopic (exact) mass is 412 g/mol. The minimum Gasteiger partial charge on any atom is -0.467 e. The third-order valence-corrected chi connectivity index (χ3v) is 5.70. The molecule has 0 spiro atoms. The van der Waals surface area contributed by atoms with Gasteiger partial charge in [-0.25, -0.2) is 4.79 Å². The molecule has 1 unspecified atom stereocenters. The van der Waals surface area contributed by atoms with Gasteiger partial charge in [-0.1, -0.05) is 11.8 Å². The number of thioether (sulfide) groups is 1. The molecular weight excluding hydrogens is 392 g/mol. The van der Waals surface area contributed by atoms with Crippen LogP contribution in [-0.4, -0.2) is 67.0 Å². The zero-order chi connectivity index (χ0) is 20.2. The summed E-state index contributed by atoms with van der Waals surface area (Å²) in [6, 6.07) is 6.84. The Morgan fingerprint density at radius 1 is 1.24 bits per heavy atom. The van der Waals surface area contributed by atoms with E-state index < -0.39 is 6.04 Å². The number of methoxy groups -OCH3 is 1. The van der Waals surface area contributed by atoms with Crippen molar-refractivity contribution in [1.82, 2.24) is 29.7 Å². The van der Waals surface area contributed by atoms with Crippen LogP contribution in [0.2, 0.25) is 0 Å². The SMILES string of the molecule is COC(=O)C1CCCCN1C(=O)CSc1ccc2nnc(-c3cccnc3)n2n1. The van der Waals surface area contributed by atoms with Crippen LogP contribution in [0.4, 0.5) is 0 Å². The van der Waals surface area contributed by atoms with E-state index in [1.165, 1.54) is 18.9 Å². The molecule has 4 rings (SSSR count). The lowest BCUT2D eigenvalue weighted by Gasteiger charge is -2.33. The Bertz CT molecular complexity index is 1030. The van der Waals surface area contributed by atoms with Gasteiger partial charge in [-0.2, -0.15) is 9.61 Å². The lowest BCUT2D eigenvalue weighted by atomic mass is 10.0. The summed E-state index contributed by atoms with van der Waals surface area (Å²) in [5.41, 5.74) is 1.42. The quantitative estimate of drug-likeness (QED) is 0.462. The molecule has 9 nitrogen and oxygen atoms in total. The van der Waals surface area contributed by atoms with Crippen LogP contribution < -0.4 is 0 Å². The predicted octanol–water partition coefficient (Wildman–Crippen LogP) is 1.83. The highest BCUT2D eigenvalue weighted by Crippen LogP contribution is 2.23. The van der Waals surface area contributed by atoms with Gasteiger partial charge in [0, 0.05) is 24.5 Å². The molecule has 0 N–H and O–H groups in total. The Morgan fingerprint density at radius 3 is 2.93 bits per heavy atom. The van der Waals surface area contributed by atoms with Crippen molar-refractivity contribution in [2.75, 3.05) is 19.4 Å². The third-order valence-electron chi connectivity index (χ3n) is 4.80. The maximum absolute atomic E-state index is 12.7. The Balaban J connectivity index is 1.49. The summed E-state index contributed by atoms with van der Waals surface area (Å²) in [4.78, 5) is 30.5. The molecule has 29 heavy (non-hydrogen) atoms. The van der Waals surface area contributed by atoms with Gasteiger partial charge in [0.2, 0.25) is 5.91 Å². The van der Waals surface area contributed by atoms with Crippen LogP contribution in [0.3, 0.4) is 0 Å². The van der Waals surface area contributed by atoms with Crippen molar-refractivity contribution in [1.29, 1.82) is 0 Å². The van der Waals surface area contributed by atoms with Crippen molar-refractivity contribution in [2.24, 2.45) is 0 Å². The molecule has 4 heterocycles. The van der Waals surface area contributed by atoms with E-state index in [0.717, 1.165) is 18.4 Å². The molecule has 0 bridgehead atoms. The van der Waals surface area contributed by atoms with Crippen molar-refractivity contribution in [3.8, 4) is 11.4 Å². The third kappa shape index (κ3) is 4.07. The molecule has 1 atom stereocenters. The summed E-state index contributed by atoms with van der Waals surface area (Å²) in [7, 11) is 1.35. The zero-order valence-corrected chi connectivity index (χ0v) is 16.7. The van der Waals surface area contributed by atoms with Gasteiger partial charge in [0.25, 0.3) is 0 Å². The van der Waals surface area contributed by atoms with Gasteiger partial charge in [0.15, 0.2) is 11.5 Å². The van der Waals surface area contributed by atoms with Gasteiger partial charge in [-0.05, 0) is 43.5 Å². The van der Waals surface area contributed by atoms with Crippen LogP contribution in [0.15, 0.2) is 41.7 Å². The minimum atomic E-state index is -0.493. The molecule has 150 valence electrons. The average Bonchev–Trinajstić information content (AvgIpc) is 3.20. The van der Waals surface area contributed by atoms with E-state index in [-0.39, 0.29) is 17.6 Å². The van der Waals surface area contributed by atoms with Gasteiger partial charge in [-0.15, -0.1) is 10.2 Å². The molecule has 0 aromatic carbocycles. The van der Waals surface area contributed by atoms with Gasteiger partial charge in [0.1, 0.15) is 11.1 Å². The predicted molar refractivity (Wildman–Crippen MR) is 106 cm³/mol. The fourth-order valence-electron chi connectivity index (χ4n) is 3.35. The van der Waals surface area contributed by atoms with E-state index in [0.29, 0.717) is 29.5 Å². The number of hydrogen-bond donors (Lipinski definition) is 0. The largest absolute Gasteiger partial charge is 0.467 e. The molecule has 10 heteroatoms. The Kier molecular flexibility index (Phi) is 5.70. The molecule has 3 aromatic heterocycles. The van der Waals surface area contributed by atoms with Crippen molar-refractivity contribution in [2.45, 2.75) is 30.3 Å². The lowest BCUT2D eigenvalue weighted by molar-refractivity contribution is -0.153. The van der Waals surface area contributed by atoms with Gasteiger partial charge < -0.3 is 9.64 Å². The number of piperidine rings is 1. The number of esters is 1. The number of ether oxygens (including phenoxy) is 1. The average molecular weight is 412 g/mol. The molecule has 1 saturated heterocycles. The second-order valence-electron chi connectivity index (χ2n) is 6.62.